The molecule has 86 valence electrons. The molecular weight excluding hydrogens is 186 g/mol. The number of hydrogen-bond acceptors (Lipinski definition) is 3. The van der Waals surface area contributed by atoms with Crippen LogP contribution in [0.25, 0.3) is 0 Å². The van der Waals surface area contributed by atoms with Crippen LogP contribution in [0.4, 0.5) is 0 Å². The molecule has 3 aliphatic heterocycles. The summed E-state index contributed by atoms with van der Waals surface area (Å²) in [4.78, 5) is 5.41. The van der Waals surface area contributed by atoms with Crippen molar-refractivity contribution >= 4 is 0 Å². The minimum atomic E-state index is 0.896. The lowest BCUT2D eigenvalue weighted by Gasteiger charge is -2.38. The van der Waals surface area contributed by atoms with E-state index in [9.17, 15) is 0 Å². The molecule has 0 aromatic rings. The summed E-state index contributed by atoms with van der Waals surface area (Å²) in [7, 11) is 0. The van der Waals surface area contributed by atoms with Gasteiger partial charge < -0.3 is 10.2 Å². The average molecular weight is 209 g/mol. The lowest BCUT2D eigenvalue weighted by atomic mass is 10.1. The summed E-state index contributed by atoms with van der Waals surface area (Å²) in [6.45, 7) is 9.19. The van der Waals surface area contributed by atoms with Crippen molar-refractivity contribution < 1.29 is 0 Å². The first-order chi connectivity index (χ1) is 7.42. The highest BCUT2D eigenvalue weighted by Gasteiger charge is 2.31. The van der Waals surface area contributed by atoms with Crippen molar-refractivity contribution in [1.82, 2.24) is 15.1 Å². The second kappa shape index (κ2) is 4.40. The third kappa shape index (κ3) is 2.19. The molecule has 3 nitrogen and oxygen atoms in total. The van der Waals surface area contributed by atoms with Crippen LogP contribution in [0.5, 0.6) is 0 Å². The van der Waals surface area contributed by atoms with Crippen molar-refractivity contribution in [1.29, 1.82) is 0 Å². The molecule has 0 amide bonds. The van der Waals surface area contributed by atoms with Gasteiger partial charge in [0, 0.05) is 32.2 Å². The van der Waals surface area contributed by atoms with Crippen molar-refractivity contribution in [2.24, 2.45) is 5.92 Å². The van der Waals surface area contributed by atoms with E-state index >= 15 is 0 Å². The molecule has 2 atom stereocenters. The summed E-state index contributed by atoms with van der Waals surface area (Å²) < 4.78 is 0. The molecule has 0 radical (unpaired) electrons. The van der Waals surface area contributed by atoms with Gasteiger partial charge in [0.1, 0.15) is 0 Å². The zero-order chi connectivity index (χ0) is 10.1. The van der Waals surface area contributed by atoms with E-state index in [-0.39, 0.29) is 0 Å². The van der Waals surface area contributed by atoms with Crippen molar-refractivity contribution in [3.8, 4) is 0 Å². The molecule has 0 aliphatic carbocycles. The molecule has 3 rings (SSSR count). The molecule has 3 saturated heterocycles. The fourth-order valence-corrected chi connectivity index (χ4v) is 3.46. The quantitative estimate of drug-likeness (QED) is 0.709. The number of piperazine rings is 1. The Morgan fingerprint density at radius 1 is 1.13 bits per heavy atom. The molecule has 3 fully saturated rings. The molecule has 0 aromatic carbocycles. The van der Waals surface area contributed by atoms with Crippen LogP contribution in [0.1, 0.15) is 19.3 Å². The van der Waals surface area contributed by atoms with Gasteiger partial charge in [-0.3, -0.25) is 4.90 Å². The average Bonchev–Trinajstić information content (AvgIpc) is 2.87. The van der Waals surface area contributed by atoms with Crippen LogP contribution in [-0.4, -0.2) is 61.7 Å². The number of fused-ring (bicyclic) bond motifs is 1. The van der Waals surface area contributed by atoms with Crippen LogP contribution in [0.3, 0.4) is 0 Å². The van der Waals surface area contributed by atoms with Crippen LogP contribution >= 0.6 is 0 Å². The van der Waals surface area contributed by atoms with Gasteiger partial charge in [0.15, 0.2) is 0 Å². The number of rotatable bonds is 2. The van der Waals surface area contributed by atoms with Crippen molar-refractivity contribution in [3.05, 3.63) is 0 Å². The Labute approximate surface area is 92.8 Å². The smallest absolute Gasteiger partial charge is 0.0224 e. The first-order valence-electron chi connectivity index (χ1n) is 6.59. The van der Waals surface area contributed by atoms with Gasteiger partial charge in [0.2, 0.25) is 0 Å². The predicted octanol–water partition coefficient (Wildman–Crippen LogP) is 0.376. The molecule has 3 heteroatoms. The fourth-order valence-electron chi connectivity index (χ4n) is 3.46. The molecule has 15 heavy (non-hydrogen) atoms. The Kier molecular flexibility index (Phi) is 2.95. The summed E-state index contributed by atoms with van der Waals surface area (Å²) in [5.41, 5.74) is 0. The normalized spacial score (nSPS) is 38.4. The lowest BCUT2D eigenvalue weighted by molar-refractivity contribution is 0.0939. The highest BCUT2D eigenvalue weighted by Crippen LogP contribution is 2.22. The van der Waals surface area contributed by atoms with Crippen LogP contribution in [0.15, 0.2) is 0 Å². The van der Waals surface area contributed by atoms with E-state index in [2.05, 4.69) is 15.1 Å². The topological polar surface area (TPSA) is 18.5 Å². The Bertz CT molecular complexity index is 211. The standard InChI is InChI=1S/C12H23N3/c1-2-12-10-14(6-7-15(12)5-1)9-11-3-4-13-8-11/h11-13H,1-10H2. The zero-order valence-corrected chi connectivity index (χ0v) is 9.62. The second-order valence-electron chi connectivity index (χ2n) is 5.45. The number of nitrogens with one attached hydrogen (secondary N) is 1. The van der Waals surface area contributed by atoms with Gasteiger partial charge in [-0.05, 0) is 44.8 Å². The highest BCUT2D eigenvalue weighted by molar-refractivity contribution is 4.88. The van der Waals surface area contributed by atoms with Gasteiger partial charge in [-0.2, -0.15) is 0 Å². The molecule has 0 spiro atoms. The molecule has 0 aromatic heterocycles. The van der Waals surface area contributed by atoms with E-state index in [0.29, 0.717) is 0 Å². The molecule has 2 unspecified atom stereocenters. The first kappa shape index (κ1) is 10.1. The minimum Gasteiger partial charge on any atom is -0.316 e. The monoisotopic (exact) mass is 209 g/mol. The van der Waals surface area contributed by atoms with E-state index in [4.69, 9.17) is 0 Å². The Morgan fingerprint density at radius 2 is 2.13 bits per heavy atom. The minimum absolute atomic E-state index is 0.896. The molecular formula is C12H23N3. The first-order valence-corrected chi connectivity index (χ1v) is 6.59. The highest BCUT2D eigenvalue weighted by atomic mass is 15.3. The zero-order valence-electron chi connectivity index (χ0n) is 9.62. The van der Waals surface area contributed by atoms with Gasteiger partial charge in [-0.1, -0.05) is 0 Å². The number of nitrogens with zero attached hydrogens (tertiary/aromatic N) is 2. The Hall–Kier alpha value is -0.120. The Balaban J connectivity index is 1.50. The molecule has 0 bridgehead atoms. The lowest BCUT2D eigenvalue weighted by Crippen LogP contribution is -2.51. The van der Waals surface area contributed by atoms with Crippen LogP contribution in [-0.2, 0) is 0 Å². The largest absolute Gasteiger partial charge is 0.316 e. The molecule has 3 aliphatic rings. The summed E-state index contributed by atoms with van der Waals surface area (Å²) in [5.74, 6) is 0.929. The van der Waals surface area contributed by atoms with Gasteiger partial charge in [-0.15, -0.1) is 0 Å². The third-order valence-electron chi connectivity index (χ3n) is 4.35. The molecule has 0 saturated carbocycles. The summed E-state index contributed by atoms with van der Waals surface area (Å²) in [6, 6.07) is 0.896. The fraction of sp³-hybridized carbons (Fsp3) is 1.00. The summed E-state index contributed by atoms with van der Waals surface area (Å²) in [5, 5.41) is 3.47. The van der Waals surface area contributed by atoms with Crippen LogP contribution < -0.4 is 5.32 Å². The summed E-state index contributed by atoms with van der Waals surface area (Å²) in [6.07, 6.45) is 4.27. The van der Waals surface area contributed by atoms with Crippen LogP contribution in [0.2, 0.25) is 0 Å². The number of hydrogen-bond donors (Lipinski definition) is 1. The van der Waals surface area contributed by atoms with E-state index < -0.39 is 0 Å². The molecule has 1 N–H and O–H groups in total. The van der Waals surface area contributed by atoms with E-state index in [1.807, 2.05) is 0 Å². The van der Waals surface area contributed by atoms with Gasteiger partial charge in [0.05, 0.1) is 0 Å². The SMILES string of the molecule is C1CC2CN(CC3CCNC3)CCN2C1. The van der Waals surface area contributed by atoms with Gasteiger partial charge in [-0.25, -0.2) is 0 Å². The summed E-state index contributed by atoms with van der Waals surface area (Å²) >= 11 is 0. The van der Waals surface area contributed by atoms with Crippen LogP contribution in [0, 0.1) is 5.92 Å². The van der Waals surface area contributed by atoms with Gasteiger partial charge in [0.25, 0.3) is 0 Å². The maximum atomic E-state index is 3.47. The molecule has 3 heterocycles. The van der Waals surface area contributed by atoms with Crippen molar-refractivity contribution in [2.45, 2.75) is 25.3 Å². The van der Waals surface area contributed by atoms with Gasteiger partial charge >= 0.3 is 0 Å². The van der Waals surface area contributed by atoms with E-state index in [1.165, 1.54) is 65.1 Å². The second-order valence-corrected chi connectivity index (χ2v) is 5.45. The maximum Gasteiger partial charge on any atom is 0.0224 e. The van der Waals surface area contributed by atoms with Crippen molar-refractivity contribution in [2.75, 3.05) is 45.8 Å². The third-order valence-corrected chi connectivity index (χ3v) is 4.35. The maximum absolute atomic E-state index is 3.47. The van der Waals surface area contributed by atoms with E-state index in [0.717, 1.165) is 12.0 Å². The predicted molar refractivity (Wildman–Crippen MR) is 62.0 cm³/mol. The van der Waals surface area contributed by atoms with E-state index in [1.54, 1.807) is 0 Å². The Morgan fingerprint density at radius 3 is 3.00 bits per heavy atom. The van der Waals surface area contributed by atoms with Crippen molar-refractivity contribution in [3.63, 3.8) is 0 Å².